The number of rotatable bonds is 2. The van der Waals surface area contributed by atoms with Gasteiger partial charge in [0.1, 0.15) is 0 Å². The van der Waals surface area contributed by atoms with Gasteiger partial charge in [0.2, 0.25) is 5.95 Å². The third-order valence-corrected chi connectivity index (χ3v) is 3.60. The van der Waals surface area contributed by atoms with Crippen molar-refractivity contribution in [2.24, 2.45) is 0 Å². The van der Waals surface area contributed by atoms with Gasteiger partial charge in [-0.2, -0.15) is 0 Å². The molecule has 1 aromatic heterocycles. The Morgan fingerprint density at radius 3 is 2.30 bits per heavy atom. The van der Waals surface area contributed by atoms with Crippen LogP contribution in [-0.2, 0) is 0 Å². The summed E-state index contributed by atoms with van der Waals surface area (Å²) in [6.07, 6.45) is 3.27. The number of piperazine rings is 1. The number of nitrogen functional groups attached to an aromatic ring is 1. The molecular weight excluding hydrogens is 274 g/mol. The lowest BCUT2D eigenvalue weighted by Crippen LogP contribution is -2.47. The predicted molar refractivity (Wildman–Crippen MR) is 82.3 cm³/mol. The maximum atomic E-state index is 5.83. The fraction of sp³-hybridized carbons (Fsp3) is 0.286. The van der Waals surface area contributed by atoms with E-state index in [4.69, 9.17) is 17.3 Å². The van der Waals surface area contributed by atoms with Gasteiger partial charge in [0.15, 0.2) is 0 Å². The van der Waals surface area contributed by atoms with Crippen molar-refractivity contribution < 1.29 is 0 Å². The molecule has 6 heteroatoms. The first-order valence-corrected chi connectivity index (χ1v) is 6.93. The Morgan fingerprint density at radius 1 is 1.00 bits per heavy atom. The Kier molecular flexibility index (Phi) is 3.60. The van der Waals surface area contributed by atoms with E-state index in [9.17, 15) is 0 Å². The topological polar surface area (TPSA) is 58.3 Å². The Hall–Kier alpha value is -2.01. The van der Waals surface area contributed by atoms with Crippen molar-refractivity contribution in [1.82, 2.24) is 9.97 Å². The first-order chi connectivity index (χ1) is 9.72. The van der Waals surface area contributed by atoms with Crippen molar-refractivity contribution >= 4 is 28.9 Å². The molecule has 2 heterocycles. The molecule has 0 radical (unpaired) electrons. The molecule has 0 saturated carbocycles. The van der Waals surface area contributed by atoms with Crippen molar-refractivity contribution in [1.29, 1.82) is 0 Å². The Balaban J connectivity index is 1.66. The van der Waals surface area contributed by atoms with Crippen molar-refractivity contribution in [3.63, 3.8) is 0 Å². The fourth-order valence-electron chi connectivity index (χ4n) is 2.35. The van der Waals surface area contributed by atoms with Crippen LogP contribution in [0.3, 0.4) is 0 Å². The second-order valence-electron chi connectivity index (χ2n) is 4.77. The van der Waals surface area contributed by atoms with Gasteiger partial charge in [-0.3, -0.25) is 0 Å². The number of hydrogen-bond donors (Lipinski definition) is 1. The lowest BCUT2D eigenvalue weighted by molar-refractivity contribution is 0.640. The van der Waals surface area contributed by atoms with E-state index < -0.39 is 0 Å². The first-order valence-electron chi connectivity index (χ1n) is 6.55. The van der Waals surface area contributed by atoms with E-state index in [1.54, 1.807) is 12.4 Å². The van der Waals surface area contributed by atoms with Crippen molar-refractivity contribution in [2.45, 2.75) is 0 Å². The van der Waals surface area contributed by atoms with Gasteiger partial charge in [-0.25, -0.2) is 9.97 Å². The predicted octanol–water partition coefficient (Wildman–Crippen LogP) is 2.04. The summed E-state index contributed by atoms with van der Waals surface area (Å²) in [5.74, 6) is 0.738. The molecule has 5 nitrogen and oxygen atoms in total. The molecule has 2 N–H and O–H groups in total. The molecular formula is C14H16ClN5. The average molecular weight is 290 g/mol. The molecule has 1 aliphatic rings. The number of benzene rings is 1. The van der Waals surface area contributed by atoms with Crippen molar-refractivity contribution in [2.75, 3.05) is 41.7 Å². The van der Waals surface area contributed by atoms with E-state index in [2.05, 4.69) is 25.8 Å². The summed E-state index contributed by atoms with van der Waals surface area (Å²) >= 11 is 5.81. The molecule has 1 aromatic carbocycles. The second-order valence-corrected chi connectivity index (χ2v) is 5.21. The summed E-state index contributed by atoms with van der Waals surface area (Å²) in [6.45, 7) is 3.62. The minimum Gasteiger partial charge on any atom is -0.399 e. The Labute approximate surface area is 123 Å². The number of hydrogen-bond acceptors (Lipinski definition) is 5. The number of aromatic nitrogens is 2. The molecule has 104 valence electrons. The summed E-state index contributed by atoms with van der Waals surface area (Å²) in [5, 5.41) is 0.562. The maximum Gasteiger partial charge on any atom is 0.225 e. The third kappa shape index (κ3) is 2.77. The quantitative estimate of drug-likeness (QED) is 0.858. The molecule has 1 aliphatic heterocycles. The number of halogens is 1. The van der Waals surface area contributed by atoms with E-state index in [0.717, 1.165) is 37.8 Å². The lowest BCUT2D eigenvalue weighted by atomic mass is 10.2. The van der Waals surface area contributed by atoms with E-state index in [-0.39, 0.29) is 0 Å². The molecule has 1 saturated heterocycles. The standard InChI is InChI=1S/C14H16ClN5/c15-11-9-17-14(18-10-11)20-6-4-19(5-7-20)13-3-1-2-12(16)8-13/h1-3,8-10H,4-7,16H2. The molecule has 0 spiro atoms. The summed E-state index contributed by atoms with van der Waals surface area (Å²) in [7, 11) is 0. The highest BCUT2D eigenvalue weighted by Gasteiger charge is 2.19. The maximum absolute atomic E-state index is 5.83. The molecule has 20 heavy (non-hydrogen) atoms. The molecule has 3 rings (SSSR count). The summed E-state index contributed by atoms with van der Waals surface area (Å²) in [4.78, 5) is 13.0. The van der Waals surface area contributed by atoms with Crippen LogP contribution >= 0.6 is 11.6 Å². The highest BCUT2D eigenvalue weighted by Crippen LogP contribution is 2.20. The summed E-state index contributed by atoms with van der Waals surface area (Å²) < 4.78 is 0. The van der Waals surface area contributed by atoms with E-state index >= 15 is 0 Å². The van der Waals surface area contributed by atoms with Crippen LogP contribution in [0.4, 0.5) is 17.3 Å². The smallest absolute Gasteiger partial charge is 0.225 e. The summed E-state index contributed by atoms with van der Waals surface area (Å²) in [5.41, 5.74) is 7.79. The fourth-order valence-corrected chi connectivity index (χ4v) is 2.45. The molecule has 1 fully saturated rings. The number of nitrogens with zero attached hydrogens (tertiary/aromatic N) is 4. The molecule has 0 aliphatic carbocycles. The molecule has 2 aromatic rings. The molecule has 0 amide bonds. The zero-order valence-electron chi connectivity index (χ0n) is 11.0. The largest absolute Gasteiger partial charge is 0.399 e. The van der Waals surface area contributed by atoms with Crippen LogP contribution in [0, 0.1) is 0 Å². The molecule has 0 unspecified atom stereocenters. The van der Waals surface area contributed by atoms with Crippen LogP contribution in [-0.4, -0.2) is 36.1 Å². The normalized spacial score (nSPS) is 15.4. The second kappa shape index (κ2) is 5.54. The first kappa shape index (κ1) is 13.0. The zero-order valence-corrected chi connectivity index (χ0v) is 11.8. The zero-order chi connectivity index (χ0) is 13.9. The lowest BCUT2D eigenvalue weighted by Gasteiger charge is -2.36. The van der Waals surface area contributed by atoms with E-state index in [1.807, 2.05) is 18.2 Å². The monoisotopic (exact) mass is 289 g/mol. The number of nitrogens with two attached hydrogens (primary N) is 1. The van der Waals surface area contributed by atoms with Crippen molar-refractivity contribution in [3.8, 4) is 0 Å². The average Bonchev–Trinajstić information content (AvgIpc) is 2.48. The minimum absolute atomic E-state index is 0.562. The van der Waals surface area contributed by atoms with Crippen LogP contribution in [0.2, 0.25) is 5.02 Å². The van der Waals surface area contributed by atoms with Gasteiger partial charge in [0.05, 0.1) is 17.4 Å². The summed E-state index contributed by atoms with van der Waals surface area (Å²) in [6, 6.07) is 7.99. The van der Waals surface area contributed by atoms with Gasteiger partial charge in [-0.05, 0) is 18.2 Å². The SMILES string of the molecule is Nc1cccc(N2CCN(c3ncc(Cl)cn3)CC2)c1. The molecule has 0 atom stereocenters. The van der Waals surface area contributed by atoms with Crippen LogP contribution in [0.15, 0.2) is 36.7 Å². The Morgan fingerprint density at radius 2 is 1.65 bits per heavy atom. The van der Waals surface area contributed by atoms with E-state index in [0.29, 0.717) is 5.02 Å². The molecule has 0 bridgehead atoms. The van der Waals surface area contributed by atoms with Gasteiger partial charge in [0, 0.05) is 37.6 Å². The van der Waals surface area contributed by atoms with Crippen LogP contribution in [0.5, 0.6) is 0 Å². The van der Waals surface area contributed by atoms with E-state index in [1.165, 1.54) is 5.69 Å². The van der Waals surface area contributed by atoms with Gasteiger partial charge >= 0.3 is 0 Å². The van der Waals surface area contributed by atoms with Crippen LogP contribution in [0.1, 0.15) is 0 Å². The van der Waals surface area contributed by atoms with Gasteiger partial charge in [-0.1, -0.05) is 17.7 Å². The van der Waals surface area contributed by atoms with Gasteiger partial charge in [0.25, 0.3) is 0 Å². The van der Waals surface area contributed by atoms with Crippen LogP contribution < -0.4 is 15.5 Å². The third-order valence-electron chi connectivity index (χ3n) is 3.40. The van der Waals surface area contributed by atoms with Gasteiger partial charge in [-0.15, -0.1) is 0 Å². The van der Waals surface area contributed by atoms with Gasteiger partial charge < -0.3 is 15.5 Å². The van der Waals surface area contributed by atoms with Crippen molar-refractivity contribution in [3.05, 3.63) is 41.7 Å². The minimum atomic E-state index is 0.562. The Bertz CT molecular complexity index is 578. The highest BCUT2D eigenvalue weighted by atomic mass is 35.5. The van der Waals surface area contributed by atoms with Crippen LogP contribution in [0.25, 0.3) is 0 Å². The highest BCUT2D eigenvalue weighted by molar-refractivity contribution is 6.30. The number of anilines is 3.